The predicted molar refractivity (Wildman–Crippen MR) is 45.4 cm³/mol. The van der Waals surface area contributed by atoms with E-state index in [2.05, 4.69) is 30.5 Å². The van der Waals surface area contributed by atoms with E-state index in [1.807, 2.05) is 11.7 Å². The third-order valence-electron chi connectivity index (χ3n) is 1.72. The number of hydrogen-bond acceptors (Lipinski definition) is 2. The lowest BCUT2D eigenvalue weighted by atomic mass is 10.3. The topological polar surface area (TPSA) is 29.9 Å². The molecule has 0 aliphatic rings. The van der Waals surface area contributed by atoms with Crippen LogP contribution in [0.15, 0.2) is 6.20 Å². The van der Waals surface area contributed by atoms with Crippen molar-refractivity contribution in [1.82, 2.24) is 15.1 Å². The second kappa shape index (κ2) is 3.53. The molecule has 0 saturated heterocycles. The molecule has 0 bridgehead atoms. The van der Waals surface area contributed by atoms with Gasteiger partial charge in [0.1, 0.15) is 0 Å². The maximum Gasteiger partial charge on any atom is 0.0791 e. The van der Waals surface area contributed by atoms with Crippen LogP contribution in [0.25, 0.3) is 0 Å². The molecule has 0 spiro atoms. The Hall–Kier alpha value is -0.830. The van der Waals surface area contributed by atoms with Crippen LogP contribution in [0.2, 0.25) is 0 Å². The van der Waals surface area contributed by atoms with Gasteiger partial charge in [-0.05, 0) is 26.5 Å². The molecule has 0 aromatic carbocycles. The monoisotopic (exact) mass is 153 g/mol. The molecule has 3 nitrogen and oxygen atoms in total. The highest BCUT2D eigenvalue weighted by Crippen LogP contribution is 2.03. The zero-order valence-electron chi connectivity index (χ0n) is 7.39. The van der Waals surface area contributed by atoms with Gasteiger partial charge in [0.15, 0.2) is 0 Å². The van der Waals surface area contributed by atoms with E-state index in [1.165, 1.54) is 5.56 Å². The Morgan fingerprint density at radius 1 is 1.64 bits per heavy atom. The van der Waals surface area contributed by atoms with Gasteiger partial charge in [0.25, 0.3) is 0 Å². The van der Waals surface area contributed by atoms with Gasteiger partial charge in [-0.15, -0.1) is 0 Å². The molecule has 0 aliphatic carbocycles. The van der Waals surface area contributed by atoms with Crippen molar-refractivity contribution >= 4 is 0 Å². The Bertz CT molecular complexity index is 227. The van der Waals surface area contributed by atoms with E-state index >= 15 is 0 Å². The van der Waals surface area contributed by atoms with E-state index in [0.717, 1.165) is 18.8 Å². The van der Waals surface area contributed by atoms with Crippen molar-refractivity contribution < 1.29 is 0 Å². The summed E-state index contributed by atoms with van der Waals surface area (Å²) in [5.74, 6) is 0. The van der Waals surface area contributed by atoms with Crippen molar-refractivity contribution in [3.63, 3.8) is 0 Å². The summed E-state index contributed by atoms with van der Waals surface area (Å²) in [6, 6.07) is 0. The highest BCUT2D eigenvalue weighted by molar-refractivity contribution is 5.14. The largest absolute Gasteiger partial charge is 0.314 e. The number of aryl methyl sites for hydroxylation is 2. The first kappa shape index (κ1) is 8.27. The number of nitrogens with zero attached hydrogens (tertiary/aromatic N) is 2. The number of nitrogens with one attached hydrogen (secondary N) is 1. The predicted octanol–water partition coefficient (Wildman–Crippen LogP) is 0.931. The third-order valence-corrected chi connectivity index (χ3v) is 1.72. The van der Waals surface area contributed by atoms with Crippen LogP contribution in [0.3, 0.4) is 0 Å². The molecule has 62 valence electrons. The first-order valence-corrected chi connectivity index (χ1v) is 3.95. The Morgan fingerprint density at radius 3 is 2.82 bits per heavy atom. The number of aromatic nitrogens is 2. The van der Waals surface area contributed by atoms with Gasteiger partial charge in [0.2, 0.25) is 0 Å². The molecule has 1 N–H and O–H groups in total. The van der Waals surface area contributed by atoms with Gasteiger partial charge < -0.3 is 5.32 Å². The van der Waals surface area contributed by atoms with E-state index in [1.54, 1.807) is 0 Å². The average Bonchev–Trinajstić information content (AvgIpc) is 2.33. The fraction of sp³-hybridized carbons (Fsp3) is 0.625. The minimum absolute atomic E-state index is 0.860. The summed E-state index contributed by atoms with van der Waals surface area (Å²) in [6.45, 7) is 5.99. The molecule has 1 heterocycles. The minimum Gasteiger partial charge on any atom is -0.314 e. The van der Waals surface area contributed by atoms with Crippen molar-refractivity contribution in [1.29, 1.82) is 0 Å². The zero-order valence-corrected chi connectivity index (χ0v) is 7.39. The summed E-state index contributed by atoms with van der Waals surface area (Å²) in [5, 5.41) is 7.46. The molecule has 0 radical (unpaired) electrons. The molecular formula is C8H15N3. The highest BCUT2D eigenvalue weighted by atomic mass is 15.3. The van der Waals surface area contributed by atoms with E-state index in [0.29, 0.717) is 0 Å². The standard InChI is InChI=1S/C8H15N3/c1-4-11-6-7(2)8(10-11)5-9-3/h6,9H,4-5H2,1-3H3. The smallest absolute Gasteiger partial charge is 0.0791 e. The lowest BCUT2D eigenvalue weighted by Crippen LogP contribution is -2.07. The van der Waals surface area contributed by atoms with Crippen molar-refractivity contribution in [3.8, 4) is 0 Å². The maximum absolute atomic E-state index is 4.37. The lowest BCUT2D eigenvalue weighted by molar-refractivity contribution is 0.637. The molecular weight excluding hydrogens is 138 g/mol. The fourth-order valence-electron chi connectivity index (χ4n) is 1.07. The van der Waals surface area contributed by atoms with Crippen LogP contribution in [0.1, 0.15) is 18.2 Å². The quantitative estimate of drug-likeness (QED) is 0.700. The molecule has 0 fully saturated rings. The molecule has 0 atom stereocenters. The Kier molecular flexibility index (Phi) is 2.65. The second-order valence-corrected chi connectivity index (χ2v) is 2.64. The van der Waals surface area contributed by atoms with Crippen LogP contribution in [0.4, 0.5) is 0 Å². The van der Waals surface area contributed by atoms with Gasteiger partial charge in [-0.3, -0.25) is 4.68 Å². The molecule has 0 amide bonds. The van der Waals surface area contributed by atoms with Crippen molar-refractivity contribution in [2.45, 2.75) is 26.9 Å². The van der Waals surface area contributed by atoms with Crippen molar-refractivity contribution in [3.05, 3.63) is 17.5 Å². The molecule has 11 heavy (non-hydrogen) atoms. The normalized spacial score (nSPS) is 10.5. The van der Waals surface area contributed by atoms with Crippen LogP contribution in [0.5, 0.6) is 0 Å². The fourth-order valence-corrected chi connectivity index (χ4v) is 1.07. The minimum atomic E-state index is 0.860. The van der Waals surface area contributed by atoms with Gasteiger partial charge in [-0.2, -0.15) is 5.10 Å². The summed E-state index contributed by atoms with van der Waals surface area (Å²) in [6.07, 6.45) is 2.08. The first-order valence-electron chi connectivity index (χ1n) is 3.95. The molecule has 3 heteroatoms. The van der Waals surface area contributed by atoms with Crippen molar-refractivity contribution in [2.75, 3.05) is 7.05 Å². The summed E-state index contributed by atoms with van der Waals surface area (Å²) >= 11 is 0. The molecule has 1 rings (SSSR count). The number of hydrogen-bond donors (Lipinski definition) is 1. The Balaban J connectivity index is 2.79. The van der Waals surface area contributed by atoms with Gasteiger partial charge in [0.05, 0.1) is 5.69 Å². The van der Waals surface area contributed by atoms with Crippen LogP contribution >= 0.6 is 0 Å². The van der Waals surface area contributed by atoms with Crippen LogP contribution < -0.4 is 5.32 Å². The number of rotatable bonds is 3. The average molecular weight is 153 g/mol. The summed E-state index contributed by atoms with van der Waals surface area (Å²) in [7, 11) is 1.93. The van der Waals surface area contributed by atoms with Crippen LogP contribution in [-0.2, 0) is 13.1 Å². The SMILES string of the molecule is CCn1cc(C)c(CNC)n1. The van der Waals surface area contributed by atoms with Gasteiger partial charge in [-0.25, -0.2) is 0 Å². The molecule has 0 saturated carbocycles. The highest BCUT2D eigenvalue weighted by Gasteiger charge is 2.01. The maximum atomic E-state index is 4.37. The summed E-state index contributed by atoms with van der Waals surface area (Å²) in [5.41, 5.74) is 2.41. The summed E-state index contributed by atoms with van der Waals surface area (Å²) < 4.78 is 1.96. The van der Waals surface area contributed by atoms with Crippen LogP contribution in [-0.4, -0.2) is 16.8 Å². The zero-order chi connectivity index (χ0) is 8.27. The second-order valence-electron chi connectivity index (χ2n) is 2.64. The first-order chi connectivity index (χ1) is 5.27. The van der Waals surface area contributed by atoms with E-state index in [4.69, 9.17) is 0 Å². The molecule has 0 unspecified atom stereocenters. The van der Waals surface area contributed by atoms with Gasteiger partial charge in [0, 0.05) is 19.3 Å². The van der Waals surface area contributed by atoms with Gasteiger partial charge in [-0.1, -0.05) is 0 Å². The van der Waals surface area contributed by atoms with E-state index < -0.39 is 0 Å². The lowest BCUT2D eigenvalue weighted by Gasteiger charge is -1.94. The molecule has 1 aromatic heterocycles. The van der Waals surface area contributed by atoms with E-state index in [9.17, 15) is 0 Å². The van der Waals surface area contributed by atoms with Crippen LogP contribution in [0, 0.1) is 6.92 Å². The molecule has 1 aromatic rings. The Labute approximate surface area is 67.4 Å². The summed E-state index contributed by atoms with van der Waals surface area (Å²) in [4.78, 5) is 0. The van der Waals surface area contributed by atoms with E-state index in [-0.39, 0.29) is 0 Å². The third kappa shape index (κ3) is 1.80. The van der Waals surface area contributed by atoms with Gasteiger partial charge >= 0.3 is 0 Å². The Morgan fingerprint density at radius 2 is 2.36 bits per heavy atom. The van der Waals surface area contributed by atoms with Crippen molar-refractivity contribution in [2.24, 2.45) is 0 Å². The molecule has 0 aliphatic heterocycles.